The summed E-state index contributed by atoms with van der Waals surface area (Å²) in [6.07, 6.45) is 0. The molecule has 1 atom stereocenters. The van der Waals surface area contributed by atoms with Crippen LogP contribution in [0.2, 0.25) is 10.0 Å². The first-order chi connectivity index (χ1) is 18.4. The van der Waals surface area contributed by atoms with Crippen LogP contribution in [0.5, 0.6) is 5.75 Å². The highest BCUT2D eigenvalue weighted by molar-refractivity contribution is 7.92. The van der Waals surface area contributed by atoms with Crippen LogP contribution >= 0.6 is 23.2 Å². The van der Waals surface area contributed by atoms with Crippen LogP contribution in [0, 0.1) is 0 Å². The molecule has 0 spiro atoms. The van der Waals surface area contributed by atoms with Crippen molar-refractivity contribution >= 4 is 50.7 Å². The topological polar surface area (TPSA) is 96.0 Å². The molecule has 3 aromatic rings. The highest BCUT2D eigenvalue weighted by atomic mass is 35.5. The van der Waals surface area contributed by atoms with Gasteiger partial charge in [-0.3, -0.25) is 13.9 Å². The SMILES string of the molecule is COc1ccc(N(CC(=O)N(Cc2ccc(Cl)cc2)[C@H](C)C(=O)NC(C)C)S(=O)(=O)c2ccccc2)cc1Cl. The van der Waals surface area contributed by atoms with Crippen LogP contribution in [0.4, 0.5) is 5.69 Å². The molecule has 0 radical (unpaired) electrons. The molecule has 208 valence electrons. The number of nitrogens with zero attached hydrogens (tertiary/aromatic N) is 2. The first-order valence-corrected chi connectivity index (χ1v) is 14.4. The molecule has 0 aliphatic carbocycles. The van der Waals surface area contributed by atoms with Crippen molar-refractivity contribution in [3.05, 3.63) is 88.4 Å². The Bertz CT molecular complexity index is 1400. The minimum absolute atomic E-state index is 0.000379. The third kappa shape index (κ3) is 7.65. The lowest BCUT2D eigenvalue weighted by atomic mass is 10.1. The summed E-state index contributed by atoms with van der Waals surface area (Å²) in [6.45, 7) is 4.72. The molecule has 11 heteroatoms. The van der Waals surface area contributed by atoms with Crippen molar-refractivity contribution in [3.63, 3.8) is 0 Å². The van der Waals surface area contributed by atoms with Gasteiger partial charge in [-0.05, 0) is 68.8 Å². The Balaban J connectivity index is 2.05. The number of carbonyl (C=O) groups is 2. The summed E-state index contributed by atoms with van der Waals surface area (Å²) in [5.74, 6) is -0.591. The monoisotopic (exact) mass is 591 g/mol. The van der Waals surface area contributed by atoms with E-state index in [1.165, 1.54) is 42.3 Å². The van der Waals surface area contributed by atoms with Gasteiger partial charge in [0.1, 0.15) is 18.3 Å². The van der Waals surface area contributed by atoms with Gasteiger partial charge in [0.15, 0.2) is 0 Å². The Morgan fingerprint density at radius 3 is 2.15 bits per heavy atom. The first-order valence-electron chi connectivity index (χ1n) is 12.2. The van der Waals surface area contributed by atoms with E-state index in [0.29, 0.717) is 10.8 Å². The van der Waals surface area contributed by atoms with Gasteiger partial charge in [-0.1, -0.05) is 53.5 Å². The van der Waals surface area contributed by atoms with E-state index in [1.54, 1.807) is 49.4 Å². The van der Waals surface area contributed by atoms with Gasteiger partial charge >= 0.3 is 0 Å². The quantitative estimate of drug-likeness (QED) is 0.333. The average Bonchev–Trinajstić information content (AvgIpc) is 2.90. The third-order valence-electron chi connectivity index (χ3n) is 5.90. The summed E-state index contributed by atoms with van der Waals surface area (Å²) >= 11 is 12.3. The number of rotatable bonds is 11. The molecule has 0 heterocycles. The lowest BCUT2D eigenvalue weighted by Crippen LogP contribution is -2.52. The van der Waals surface area contributed by atoms with E-state index in [1.807, 2.05) is 13.8 Å². The Morgan fingerprint density at radius 2 is 1.59 bits per heavy atom. The molecule has 3 aromatic carbocycles. The Kier molecular flexibility index (Phi) is 10.2. The second-order valence-electron chi connectivity index (χ2n) is 9.13. The van der Waals surface area contributed by atoms with E-state index in [4.69, 9.17) is 27.9 Å². The summed E-state index contributed by atoms with van der Waals surface area (Å²) in [7, 11) is -2.75. The van der Waals surface area contributed by atoms with Gasteiger partial charge in [0.2, 0.25) is 11.8 Å². The van der Waals surface area contributed by atoms with Crippen LogP contribution in [0.1, 0.15) is 26.3 Å². The summed E-state index contributed by atoms with van der Waals surface area (Å²) < 4.78 is 33.8. The molecular weight excluding hydrogens is 561 g/mol. The maximum Gasteiger partial charge on any atom is 0.264 e. The number of hydrogen-bond donors (Lipinski definition) is 1. The standard InChI is InChI=1S/C28H31Cl2N3O5S/c1-19(2)31-28(35)20(3)32(17-21-10-12-22(29)13-11-21)27(34)18-33(23-14-15-26(38-4)25(30)16-23)39(36,37)24-8-6-5-7-9-24/h5-16,19-20H,17-18H2,1-4H3,(H,31,35)/t20-/m1/s1. The minimum atomic E-state index is -4.19. The molecular formula is C28H31Cl2N3O5S. The van der Waals surface area contributed by atoms with Crippen molar-refractivity contribution < 1.29 is 22.7 Å². The first kappa shape index (κ1) is 30.3. The van der Waals surface area contributed by atoms with E-state index in [0.717, 1.165) is 9.87 Å². The fourth-order valence-corrected chi connectivity index (χ4v) is 5.64. The zero-order chi connectivity index (χ0) is 28.7. The predicted molar refractivity (Wildman–Crippen MR) is 154 cm³/mol. The number of anilines is 1. The van der Waals surface area contributed by atoms with Crippen molar-refractivity contribution in [3.8, 4) is 5.75 Å². The molecule has 8 nitrogen and oxygen atoms in total. The fourth-order valence-electron chi connectivity index (χ4n) is 3.83. The highest BCUT2D eigenvalue weighted by Gasteiger charge is 2.33. The van der Waals surface area contributed by atoms with Crippen LogP contribution in [-0.2, 0) is 26.2 Å². The van der Waals surface area contributed by atoms with Crippen molar-refractivity contribution in [1.82, 2.24) is 10.2 Å². The zero-order valence-electron chi connectivity index (χ0n) is 22.1. The Labute approximate surface area is 239 Å². The van der Waals surface area contributed by atoms with Gasteiger partial charge in [-0.2, -0.15) is 0 Å². The molecule has 2 amide bonds. The van der Waals surface area contributed by atoms with Crippen LogP contribution in [0.25, 0.3) is 0 Å². The predicted octanol–water partition coefficient (Wildman–Crippen LogP) is 5.14. The second-order valence-corrected chi connectivity index (χ2v) is 11.8. The number of sulfonamides is 1. The molecule has 0 unspecified atom stereocenters. The Morgan fingerprint density at radius 1 is 0.949 bits per heavy atom. The molecule has 39 heavy (non-hydrogen) atoms. The van der Waals surface area contributed by atoms with Crippen molar-refractivity contribution in [2.24, 2.45) is 0 Å². The molecule has 0 aromatic heterocycles. The maximum absolute atomic E-state index is 13.9. The number of halogens is 2. The van der Waals surface area contributed by atoms with Crippen molar-refractivity contribution in [1.29, 1.82) is 0 Å². The minimum Gasteiger partial charge on any atom is -0.495 e. The summed E-state index contributed by atoms with van der Waals surface area (Å²) in [6, 6.07) is 18.1. The summed E-state index contributed by atoms with van der Waals surface area (Å²) in [5, 5.41) is 3.52. The molecule has 0 saturated heterocycles. The van der Waals surface area contributed by atoms with Crippen LogP contribution in [0.3, 0.4) is 0 Å². The van der Waals surface area contributed by atoms with Gasteiger partial charge in [0.25, 0.3) is 10.0 Å². The van der Waals surface area contributed by atoms with Gasteiger partial charge in [-0.25, -0.2) is 8.42 Å². The van der Waals surface area contributed by atoms with Gasteiger partial charge in [-0.15, -0.1) is 0 Å². The average molecular weight is 593 g/mol. The number of hydrogen-bond acceptors (Lipinski definition) is 5. The summed E-state index contributed by atoms with van der Waals surface area (Å²) in [4.78, 5) is 28.2. The molecule has 0 aliphatic rings. The second kappa shape index (κ2) is 13.2. The number of ether oxygens (including phenoxy) is 1. The maximum atomic E-state index is 13.9. The van der Waals surface area contributed by atoms with Crippen LogP contribution < -0.4 is 14.4 Å². The number of amides is 2. The molecule has 3 rings (SSSR count). The van der Waals surface area contributed by atoms with Crippen LogP contribution in [-0.4, -0.2) is 50.9 Å². The lowest BCUT2D eigenvalue weighted by molar-refractivity contribution is -0.139. The largest absolute Gasteiger partial charge is 0.495 e. The van der Waals surface area contributed by atoms with E-state index < -0.39 is 28.5 Å². The van der Waals surface area contributed by atoms with Gasteiger partial charge < -0.3 is 15.0 Å². The van der Waals surface area contributed by atoms with E-state index >= 15 is 0 Å². The van der Waals surface area contributed by atoms with Crippen molar-refractivity contribution in [2.45, 2.75) is 44.3 Å². The number of benzene rings is 3. The number of nitrogens with one attached hydrogen (secondary N) is 1. The third-order valence-corrected chi connectivity index (χ3v) is 8.23. The smallest absolute Gasteiger partial charge is 0.264 e. The normalized spacial score (nSPS) is 12.1. The van der Waals surface area contributed by atoms with E-state index in [-0.39, 0.29) is 34.1 Å². The van der Waals surface area contributed by atoms with Crippen LogP contribution in [0.15, 0.2) is 77.7 Å². The van der Waals surface area contributed by atoms with Gasteiger partial charge in [0.05, 0.1) is 22.7 Å². The van der Waals surface area contributed by atoms with Gasteiger partial charge in [0, 0.05) is 17.6 Å². The molecule has 0 saturated carbocycles. The molecule has 0 fully saturated rings. The number of carbonyl (C=O) groups excluding carboxylic acids is 2. The summed E-state index contributed by atoms with van der Waals surface area (Å²) in [5.41, 5.74) is 0.894. The van der Waals surface area contributed by atoms with E-state index in [2.05, 4.69) is 5.32 Å². The van der Waals surface area contributed by atoms with Crippen molar-refractivity contribution in [2.75, 3.05) is 18.0 Å². The zero-order valence-corrected chi connectivity index (χ0v) is 24.4. The molecule has 0 bridgehead atoms. The molecule has 1 N–H and O–H groups in total. The molecule has 0 aliphatic heterocycles. The number of methoxy groups -OCH3 is 1. The fraction of sp³-hybridized carbons (Fsp3) is 0.286. The lowest BCUT2D eigenvalue weighted by Gasteiger charge is -2.32. The highest BCUT2D eigenvalue weighted by Crippen LogP contribution is 2.32. The Hall–Kier alpha value is -3.27. The van der Waals surface area contributed by atoms with E-state index in [9.17, 15) is 18.0 Å².